The van der Waals surface area contributed by atoms with Gasteiger partial charge >= 0.3 is 0 Å². The second-order valence-corrected chi connectivity index (χ2v) is 22.8. The molecule has 0 saturated heterocycles. The first kappa shape index (κ1) is 38.3. The van der Waals surface area contributed by atoms with Crippen molar-refractivity contribution in [3.63, 3.8) is 0 Å². The molecule has 1 spiro atoms. The maximum absolute atomic E-state index is 16.2. The second kappa shape index (κ2) is 11.8. The zero-order valence-corrected chi connectivity index (χ0v) is 29.7. The molecule has 0 N–H and O–H groups in total. The summed E-state index contributed by atoms with van der Waals surface area (Å²) in [6.07, 6.45) is -4.14. The van der Waals surface area contributed by atoms with E-state index in [9.17, 15) is 8.78 Å². The summed E-state index contributed by atoms with van der Waals surface area (Å²) in [5, 5.41) is -1.53. The van der Waals surface area contributed by atoms with Gasteiger partial charge in [0.2, 0.25) is 0 Å². The van der Waals surface area contributed by atoms with Crippen LogP contribution in [-0.4, -0.2) is 21.6 Å². The average Bonchev–Trinajstić information content (AvgIpc) is 2.89. The molecule has 1 aliphatic heterocycles. The normalized spacial score (nSPS) is 18.9. The molecule has 0 aromatic heterocycles. The van der Waals surface area contributed by atoms with Crippen LogP contribution in [0.15, 0.2) is 35.6 Å². The molecule has 0 atom stereocenters. The van der Waals surface area contributed by atoms with Crippen LogP contribution in [0, 0.1) is 63.6 Å². The summed E-state index contributed by atoms with van der Waals surface area (Å²) < 4.78 is 155. The molecule has 0 bridgehead atoms. The topological polar surface area (TPSA) is 0 Å². The third kappa shape index (κ3) is 5.40. The van der Waals surface area contributed by atoms with Crippen molar-refractivity contribution in [2.45, 2.75) is 110 Å². The van der Waals surface area contributed by atoms with Crippen molar-refractivity contribution < 1.29 is 43.9 Å². The zero-order valence-electron chi connectivity index (χ0n) is 28.8. The van der Waals surface area contributed by atoms with E-state index < -0.39 is 110 Å². The summed E-state index contributed by atoms with van der Waals surface area (Å²) in [5.74, 6) is -23.1. The van der Waals surface area contributed by atoms with Crippen LogP contribution in [0.3, 0.4) is 0 Å². The first-order valence-electron chi connectivity index (χ1n) is 15.8. The van der Waals surface area contributed by atoms with Crippen molar-refractivity contribution in [1.29, 1.82) is 0 Å². The SMILES string of the molecule is C=C1CC(=C)CC2(C1)CC([P+](C(C)(C)C)(C(C)(C)C)C(C)(C)C)=C[B-](c1c(F)c(F)c(F)c(F)c1F)(c1c(F)c(F)c(F)c(F)c1F)C2. The van der Waals surface area contributed by atoms with Crippen LogP contribution in [-0.2, 0) is 0 Å². The number of halogens is 10. The quantitative estimate of drug-likeness (QED) is 0.0745. The van der Waals surface area contributed by atoms with E-state index in [0.29, 0.717) is 22.9 Å². The fraction of sp³-hybridized carbons (Fsp3) is 0.500. The monoisotopic (exact) mass is 706 g/mol. The Labute approximate surface area is 277 Å². The fourth-order valence-electron chi connectivity index (χ4n) is 10.7. The molecule has 0 amide bonds. The van der Waals surface area contributed by atoms with Gasteiger partial charge in [-0.15, -0.1) is 10.9 Å². The summed E-state index contributed by atoms with van der Waals surface area (Å²) in [6, 6.07) is 0. The Morgan fingerprint density at radius 2 is 0.812 bits per heavy atom. The van der Waals surface area contributed by atoms with Gasteiger partial charge in [-0.05, 0) is 87.0 Å². The van der Waals surface area contributed by atoms with Crippen LogP contribution in [0.4, 0.5) is 43.9 Å². The highest BCUT2D eigenvalue weighted by Crippen LogP contribution is 2.89. The maximum Gasteiger partial charge on any atom is 0.200 e. The second-order valence-electron chi connectivity index (χ2n) is 16.8. The van der Waals surface area contributed by atoms with Crippen molar-refractivity contribution in [3.8, 4) is 0 Å². The molecule has 0 nitrogen and oxygen atoms in total. The molecule has 1 heterocycles. The summed E-state index contributed by atoms with van der Waals surface area (Å²) in [7, 11) is -2.90. The molecule has 264 valence electrons. The lowest BCUT2D eigenvalue weighted by molar-refractivity contribution is 0.289. The third-order valence-corrected chi connectivity index (χ3v) is 17.7. The number of hydrogen-bond acceptors (Lipinski definition) is 0. The van der Waals surface area contributed by atoms with Gasteiger partial charge in [0.1, 0.15) is 23.3 Å². The maximum atomic E-state index is 16.2. The molecule has 1 fully saturated rings. The average molecular weight is 706 g/mol. The van der Waals surface area contributed by atoms with Crippen molar-refractivity contribution in [3.05, 3.63) is 93.8 Å². The van der Waals surface area contributed by atoms with E-state index in [1.165, 1.54) is 0 Å². The van der Waals surface area contributed by atoms with E-state index in [0.717, 1.165) is 5.98 Å². The van der Waals surface area contributed by atoms with Crippen molar-refractivity contribution in [2.24, 2.45) is 5.41 Å². The minimum absolute atomic E-state index is 0.0933. The zero-order chi connectivity index (χ0) is 36.9. The Bertz CT molecular complexity index is 1570. The number of benzene rings is 2. The van der Waals surface area contributed by atoms with Crippen LogP contribution >= 0.6 is 7.26 Å². The molecule has 48 heavy (non-hydrogen) atoms. The van der Waals surface area contributed by atoms with Gasteiger partial charge < -0.3 is 0 Å². The predicted octanol–water partition coefficient (Wildman–Crippen LogP) is 11.2. The van der Waals surface area contributed by atoms with E-state index in [2.05, 4.69) is 13.2 Å². The van der Waals surface area contributed by atoms with Gasteiger partial charge in [-0.1, -0.05) is 24.3 Å². The molecule has 1 saturated carbocycles. The Morgan fingerprint density at radius 1 is 0.521 bits per heavy atom. The molecule has 0 radical (unpaired) electrons. The largest absolute Gasteiger partial charge is 0.207 e. The Morgan fingerprint density at radius 3 is 1.10 bits per heavy atom. The molecule has 2 aromatic carbocycles. The minimum atomic E-state index is -4.13. The van der Waals surface area contributed by atoms with Crippen LogP contribution < -0.4 is 10.9 Å². The fourth-order valence-corrected chi connectivity index (χ4v) is 20.3. The lowest BCUT2D eigenvalue weighted by Gasteiger charge is -2.61. The lowest BCUT2D eigenvalue weighted by Crippen LogP contribution is -2.67. The van der Waals surface area contributed by atoms with Crippen LogP contribution in [0.25, 0.3) is 0 Å². The molecule has 2 aliphatic rings. The molecule has 0 unspecified atom stereocenters. The van der Waals surface area contributed by atoms with E-state index in [-0.39, 0.29) is 19.3 Å². The van der Waals surface area contributed by atoms with Crippen molar-refractivity contribution in [1.82, 2.24) is 0 Å². The third-order valence-electron chi connectivity index (χ3n) is 10.5. The van der Waals surface area contributed by atoms with Gasteiger partial charge in [0, 0.05) is 11.7 Å². The molecule has 4 rings (SSSR count). The predicted molar refractivity (Wildman–Crippen MR) is 176 cm³/mol. The first-order valence-corrected chi connectivity index (χ1v) is 17.6. The van der Waals surface area contributed by atoms with E-state index in [1.54, 1.807) is 0 Å². The first-order chi connectivity index (χ1) is 21.6. The highest BCUT2D eigenvalue weighted by molar-refractivity contribution is 7.83. The molecule has 1 aliphatic carbocycles. The summed E-state index contributed by atoms with van der Waals surface area (Å²) in [5.41, 5.74) is -3.30. The van der Waals surface area contributed by atoms with E-state index >= 15 is 35.1 Å². The van der Waals surface area contributed by atoms with Gasteiger partial charge in [0.25, 0.3) is 0 Å². The van der Waals surface area contributed by atoms with Gasteiger partial charge in [0.05, 0.1) is 28.9 Å². The van der Waals surface area contributed by atoms with Gasteiger partial charge in [-0.2, -0.15) is 12.3 Å². The van der Waals surface area contributed by atoms with Gasteiger partial charge in [-0.3, -0.25) is 0 Å². The summed E-state index contributed by atoms with van der Waals surface area (Å²) >= 11 is 0. The van der Waals surface area contributed by atoms with Crippen molar-refractivity contribution >= 4 is 24.3 Å². The number of hydrogen-bond donors (Lipinski definition) is 0. The van der Waals surface area contributed by atoms with Gasteiger partial charge in [-0.25, -0.2) is 43.9 Å². The Hall–Kier alpha value is -2.55. The minimum Gasteiger partial charge on any atom is -0.207 e. The molecule has 12 heteroatoms. The number of allylic oxidation sites excluding steroid dienone is 3. The summed E-state index contributed by atoms with van der Waals surface area (Å²) in [4.78, 5) is 0. The molecular formula is C36H42BF10P. The smallest absolute Gasteiger partial charge is 0.200 e. The molecular weight excluding hydrogens is 664 g/mol. The van der Waals surface area contributed by atoms with Crippen LogP contribution in [0.1, 0.15) is 88.0 Å². The number of rotatable bonds is 3. The van der Waals surface area contributed by atoms with E-state index in [4.69, 9.17) is 0 Å². The van der Waals surface area contributed by atoms with Crippen molar-refractivity contribution in [2.75, 3.05) is 0 Å². The lowest BCUT2D eigenvalue weighted by atomic mass is 9.13. The Balaban J connectivity index is 2.45. The van der Waals surface area contributed by atoms with Gasteiger partial charge in [0.15, 0.2) is 34.9 Å². The van der Waals surface area contributed by atoms with Crippen LogP contribution in [0.5, 0.6) is 0 Å². The summed E-state index contributed by atoms with van der Waals surface area (Å²) in [6.45, 7) is 25.7. The molecule has 2 aromatic rings. The highest BCUT2D eigenvalue weighted by Gasteiger charge is 2.68. The van der Waals surface area contributed by atoms with E-state index in [1.807, 2.05) is 62.3 Å². The standard InChI is InChI=1S/C36H42BF10P/c1-18-12-19(2)14-36(13-18)15-20(48(33(3,4)5,34(6,7)8)35(9,10)11)16-37(17-36,21-23(38)27(42)31(46)28(43)24(21)39)22-25(40)29(44)32(47)30(45)26(22)41/h16H,1-2,12-15,17H2,3-11H3. The Kier molecular flexibility index (Phi) is 9.38. The van der Waals surface area contributed by atoms with Crippen LogP contribution in [0.2, 0.25) is 6.32 Å². The highest BCUT2D eigenvalue weighted by atomic mass is 31.2.